The summed E-state index contributed by atoms with van der Waals surface area (Å²) >= 11 is 0. The number of aromatic nitrogens is 3. The highest BCUT2D eigenvalue weighted by Gasteiger charge is 2.23. The highest BCUT2D eigenvalue weighted by atomic mass is 35.5. The van der Waals surface area contributed by atoms with Crippen LogP contribution in [-0.4, -0.2) is 51.9 Å². The molecule has 3 heterocycles. The molecule has 1 aliphatic rings. The van der Waals surface area contributed by atoms with Crippen LogP contribution in [0.3, 0.4) is 0 Å². The Morgan fingerprint density at radius 1 is 0.952 bits per heavy atom. The summed E-state index contributed by atoms with van der Waals surface area (Å²) in [5.41, 5.74) is 0.685. The average molecular weight is 306 g/mol. The number of nitrogens with zero attached hydrogens (tertiary/aromatic N) is 5. The molecule has 0 N–H and O–H groups in total. The van der Waals surface area contributed by atoms with Crippen LogP contribution in [0.1, 0.15) is 10.4 Å². The molecule has 2 aromatic heterocycles. The first-order chi connectivity index (χ1) is 9.84. The molecule has 1 fully saturated rings. The van der Waals surface area contributed by atoms with E-state index in [1.165, 1.54) is 0 Å². The van der Waals surface area contributed by atoms with E-state index in [4.69, 9.17) is 0 Å². The Hall–Kier alpha value is -2.21. The van der Waals surface area contributed by atoms with Gasteiger partial charge in [-0.15, -0.1) is 12.4 Å². The molecule has 1 aliphatic heterocycles. The van der Waals surface area contributed by atoms with Crippen LogP contribution < -0.4 is 4.90 Å². The van der Waals surface area contributed by atoms with Crippen molar-refractivity contribution in [2.75, 3.05) is 31.1 Å². The minimum Gasteiger partial charge on any atom is -0.337 e. The number of rotatable bonds is 2. The highest BCUT2D eigenvalue weighted by Crippen LogP contribution is 2.12. The van der Waals surface area contributed by atoms with Gasteiger partial charge in [0, 0.05) is 56.5 Å². The Bertz CT molecular complexity index is 572. The third kappa shape index (κ3) is 3.46. The fourth-order valence-corrected chi connectivity index (χ4v) is 2.24. The van der Waals surface area contributed by atoms with Crippen molar-refractivity contribution >= 4 is 24.3 Å². The van der Waals surface area contributed by atoms with E-state index in [0.29, 0.717) is 18.7 Å². The summed E-state index contributed by atoms with van der Waals surface area (Å²) in [5.74, 6) is 0.782. The van der Waals surface area contributed by atoms with Gasteiger partial charge in [-0.25, -0.2) is 9.97 Å². The molecule has 6 nitrogen and oxygen atoms in total. The van der Waals surface area contributed by atoms with Crippen molar-refractivity contribution in [2.24, 2.45) is 0 Å². The minimum absolute atomic E-state index is 0. The summed E-state index contributed by atoms with van der Waals surface area (Å²) < 4.78 is 0. The lowest BCUT2D eigenvalue weighted by Crippen LogP contribution is -2.49. The molecule has 0 aliphatic carbocycles. The number of amides is 1. The second kappa shape index (κ2) is 6.99. The molecular formula is C14H16ClN5O. The van der Waals surface area contributed by atoms with Gasteiger partial charge in [-0.05, 0) is 18.2 Å². The number of hydrogen-bond donors (Lipinski definition) is 0. The van der Waals surface area contributed by atoms with E-state index >= 15 is 0 Å². The van der Waals surface area contributed by atoms with Gasteiger partial charge in [-0.2, -0.15) is 0 Å². The Kier molecular flexibility index (Phi) is 5.05. The second-order valence-electron chi connectivity index (χ2n) is 4.56. The summed E-state index contributed by atoms with van der Waals surface area (Å²) in [5, 5.41) is 0. The van der Waals surface area contributed by atoms with Crippen molar-refractivity contribution in [2.45, 2.75) is 0 Å². The molecule has 21 heavy (non-hydrogen) atoms. The van der Waals surface area contributed by atoms with Gasteiger partial charge in [-0.3, -0.25) is 9.78 Å². The number of halogens is 1. The summed E-state index contributed by atoms with van der Waals surface area (Å²) in [7, 11) is 0. The number of carbonyl (C=O) groups is 1. The Labute approximate surface area is 129 Å². The topological polar surface area (TPSA) is 62.2 Å². The quantitative estimate of drug-likeness (QED) is 0.836. The molecule has 2 aromatic rings. The smallest absolute Gasteiger partial charge is 0.254 e. The second-order valence-corrected chi connectivity index (χ2v) is 4.56. The van der Waals surface area contributed by atoms with Crippen molar-refractivity contribution in [1.82, 2.24) is 19.9 Å². The van der Waals surface area contributed by atoms with Crippen molar-refractivity contribution in [3.8, 4) is 0 Å². The van der Waals surface area contributed by atoms with Gasteiger partial charge in [0.05, 0.1) is 0 Å². The first-order valence-electron chi connectivity index (χ1n) is 6.56. The number of anilines is 1. The molecule has 1 amide bonds. The van der Waals surface area contributed by atoms with Crippen LogP contribution in [0.15, 0.2) is 43.0 Å². The van der Waals surface area contributed by atoms with Crippen LogP contribution in [0.5, 0.6) is 0 Å². The fraction of sp³-hybridized carbons (Fsp3) is 0.286. The standard InChI is InChI=1S/C14H15N5O.ClH/c20-13(12-2-6-15-7-3-12)18-8-10-19(11-9-18)14-16-4-1-5-17-14;/h1-7H,8-11H2;1H. The maximum absolute atomic E-state index is 12.3. The van der Waals surface area contributed by atoms with Gasteiger partial charge >= 0.3 is 0 Å². The van der Waals surface area contributed by atoms with Crippen LogP contribution >= 0.6 is 12.4 Å². The van der Waals surface area contributed by atoms with Crippen molar-refractivity contribution < 1.29 is 4.79 Å². The van der Waals surface area contributed by atoms with E-state index in [-0.39, 0.29) is 18.3 Å². The summed E-state index contributed by atoms with van der Waals surface area (Å²) in [6, 6.07) is 5.29. The summed E-state index contributed by atoms with van der Waals surface area (Å²) in [6.07, 6.45) is 6.75. The molecule has 0 saturated carbocycles. The van der Waals surface area contributed by atoms with Gasteiger partial charge in [0.2, 0.25) is 5.95 Å². The zero-order valence-corrected chi connectivity index (χ0v) is 12.2. The number of hydrogen-bond acceptors (Lipinski definition) is 5. The predicted molar refractivity (Wildman–Crippen MR) is 81.6 cm³/mol. The molecule has 0 spiro atoms. The van der Waals surface area contributed by atoms with Gasteiger partial charge in [0.25, 0.3) is 5.91 Å². The van der Waals surface area contributed by atoms with Crippen LogP contribution in [0.2, 0.25) is 0 Å². The first-order valence-corrected chi connectivity index (χ1v) is 6.56. The van der Waals surface area contributed by atoms with Crippen LogP contribution in [0, 0.1) is 0 Å². The van der Waals surface area contributed by atoms with E-state index in [1.54, 1.807) is 43.0 Å². The third-order valence-corrected chi connectivity index (χ3v) is 3.33. The molecule has 110 valence electrons. The number of piperazine rings is 1. The lowest BCUT2D eigenvalue weighted by Gasteiger charge is -2.34. The molecule has 0 bridgehead atoms. The summed E-state index contributed by atoms with van der Waals surface area (Å²) in [6.45, 7) is 2.86. The van der Waals surface area contributed by atoms with Crippen LogP contribution in [0.4, 0.5) is 5.95 Å². The molecule has 0 radical (unpaired) electrons. The molecule has 0 unspecified atom stereocenters. The Morgan fingerprint density at radius 3 is 2.19 bits per heavy atom. The average Bonchev–Trinajstić information content (AvgIpc) is 2.56. The molecule has 1 saturated heterocycles. The summed E-state index contributed by atoms with van der Waals surface area (Å²) in [4.78, 5) is 28.6. The number of pyridine rings is 1. The minimum atomic E-state index is 0. The zero-order valence-electron chi connectivity index (χ0n) is 11.4. The van der Waals surface area contributed by atoms with Gasteiger partial charge in [0.15, 0.2) is 0 Å². The van der Waals surface area contributed by atoms with Crippen molar-refractivity contribution in [1.29, 1.82) is 0 Å². The predicted octanol–water partition coefficient (Wildman–Crippen LogP) is 1.26. The first kappa shape index (κ1) is 15.2. The van der Waals surface area contributed by atoms with Crippen molar-refractivity contribution in [3.63, 3.8) is 0 Å². The lowest BCUT2D eigenvalue weighted by molar-refractivity contribution is 0.0746. The van der Waals surface area contributed by atoms with Crippen LogP contribution in [0.25, 0.3) is 0 Å². The van der Waals surface area contributed by atoms with E-state index in [2.05, 4.69) is 19.9 Å². The molecular weight excluding hydrogens is 290 g/mol. The highest BCUT2D eigenvalue weighted by molar-refractivity contribution is 5.94. The van der Waals surface area contributed by atoms with Crippen LogP contribution in [-0.2, 0) is 0 Å². The maximum atomic E-state index is 12.3. The lowest BCUT2D eigenvalue weighted by atomic mass is 10.2. The van der Waals surface area contributed by atoms with Gasteiger partial charge in [-0.1, -0.05) is 0 Å². The molecule has 3 rings (SSSR count). The molecule has 0 atom stereocenters. The number of carbonyl (C=O) groups excluding carboxylic acids is 1. The SMILES string of the molecule is Cl.O=C(c1ccncc1)N1CCN(c2ncccn2)CC1. The van der Waals surface area contributed by atoms with E-state index in [0.717, 1.165) is 19.0 Å². The Balaban J connectivity index is 0.00000161. The largest absolute Gasteiger partial charge is 0.337 e. The van der Waals surface area contributed by atoms with Gasteiger partial charge in [0.1, 0.15) is 0 Å². The normalized spacial score (nSPS) is 14.5. The monoisotopic (exact) mass is 305 g/mol. The fourth-order valence-electron chi connectivity index (χ4n) is 2.24. The van der Waals surface area contributed by atoms with E-state index < -0.39 is 0 Å². The Morgan fingerprint density at radius 2 is 1.57 bits per heavy atom. The van der Waals surface area contributed by atoms with Gasteiger partial charge < -0.3 is 9.80 Å². The molecule has 0 aromatic carbocycles. The zero-order chi connectivity index (χ0) is 13.8. The molecule has 7 heteroatoms. The van der Waals surface area contributed by atoms with E-state index in [9.17, 15) is 4.79 Å². The van der Waals surface area contributed by atoms with Crippen molar-refractivity contribution in [3.05, 3.63) is 48.5 Å². The maximum Gasteiger partial charge on any atom is 0.254 e. The third-order valence-electron chi connectivity index (χ3n) is 3.33. The van der Waals surface area contributed by atoms with E-state index in [1.807, 2.05) is 4.90 Å².